The van der Waals surface area contributed by atoms with Crippen LogP contribution < -0.4 is 9.47 Å². The lowest BCUT2D eigenvalue weighted by Gasteiger charge is -2.14. The molecule has 1 aliphatic rings. The van der Waals surface area contributed by atoms with Crippen LogP contribution in [0.3, 0.4) is 0 Å². The zero-order valence-electron chi connectivity index (χ0n) is 15.9. The molecule has 0 saturated carbocycles. The van der Waals surface area contributed by atoms with Crippen LogP contribution in [0.25, 0.3) is 6.08 Å². The highest BCUT2D eigenvalue weighted by atomic mass is 35.5. The van der Waals surface area contributed by atoms with Crippen molar-refractivity contribution < 1.29 is 14.3 Å². The summed E-state index contributed by atoms with van der Waals surface area (Å²) >= 11 is 19.0. The van der Waals surface area contributed by atoms with E-state index < -0.39 is 0 Å². The molecule has 1 fully saturated rings. The first-order valence-corrected chi connectivity index (χ1v) is 11.0. The molecule has 152 valence electrons. The second kappa shape index (κ2) is 9.85. The maximum Gasteiger partial charge on any atom is 0.266 e. The van der Waals surface area contributed by atoms with Gasteiger partial charge in [0.25, 0.3) is 5.91 Å². The van der Waals surface area contributed by atoms with Crippen LogP contribution in [-0.2, 0) is 11.4 Å². The third kappa shape index (κ3) is 5.07. The Morgan fingerprint density at radius 1 is 1.10 bits per heavy atom. The summed E-state index contributed by atoms with van der Waals surface area (Å²) in [6.07, 6.45) is 1.81. The number of hydrogen-bond donors (Lipinski definition) is 0. The van der Waals surface area contributed by atoms with Crippen LogP contribution in [0.2, 0.25) is 10.0 Å². The lowest BCUT2D eigenvalue weighted by atomic mass is 10.1. The van der Waals surface area contributed by atoms with E-state index in [1.54, 1.807) is 23.1 Å². The van der Waals surface area contributed by atoms with Crippen LogP contribution >= 0.6 is 47.2 Å². The van der Waals surface area contributed by atoms with Gasteiger partial charge in [0.05, 0.1) is 11.5 Å². The fourth-order valence-electron chi connectivity index (χ4n) is 2.75. The Labute approximate surface area is 189 Å². The summed E-state index contributed by atoms with van der Waals surface area (Å²) < 4.78 is 12.2. The van der Waals surface area contributed by atoms with Crippen LogP contribution in [0.5, 0.6) is 11.5 Å². The number of hydrogen-bond acceptors (Lipinski definition) is 5. The fraction of sp³-hybridized carbons (Fsp3) is 0.238. The van der Waals surface area contributed by atoms with Crippen molar-refractivity contribution in [2.24, 2.45) is 0 Å². The molecule has 4 nitrogen and oxygen atoms in total. The Morgan fingerprint density at radius 3 is 2.45 bits per heavy atom. The van der Waals surface area contributed by atoms with Gasteiger partial charge in [-0.3, -0.25) is 9.69 Å². The first-order valence-electron chi connectivity index (χ1n) is 9.02. The number of thiocarbonyl (C=S) groups is 1. The number of carbonyl (C=O) groups is 1. The van der Waals surface area contributed by atoms with Gasteiger partial charge in [-0.25, -0.2) is 0 Å². The number of likely N-dealkylation sites (N-methyl/N-ethyl adjacent to an activating group) is 1. The molecule has 0 spiro atoms. The number of halogens is 2. The van der Waals surface area contributed by atoms with Crippen LogP contribution in [0.4, 0.5) is 0 Å². The van der Waals surface area contributed by atoms with Crippen molar-refractivity contribution in [1.29, 1.82) is 0 Å². The second-order valence-corrected chi connectivity index (χ2v) is 8.54. The number of nitrogens with zero attached hydrogens (tertiary/aromatic N) is 1. The Morgan fingerprint density at radius 2 is 1.83 bits per heavy atom. The van der Waals surface area contributed by atoms with Crippen molar-refractivity contribution in [3.05, 3.63) is 62.5 Å². The van der Waals surface area contributed by atoms with E-state index >= 15 is 0 Å². The summed E-state index contributed by atoms with van der Waals surface area (Å²) in [4.78, 5) is 14.6. The van der Waals surface area contributed by atoms with Gasteiger partial charge in [-0.15, -0.1) is 0 Å². The minimum absolute atomic E-state index is 0.0749. The Hall–Kier alpha value is -1.73. The molecule has 2 aromatic carbocycles. The largest absolute Gasteiger partial charge is 0.490 e. The first-order chi connectivity index (χ1) is 13.9. The van der Waals surface area contributed by atoms with Gasteiger partial charge in [-0.05, 0) is 49.8 Å². The molecular weight excluding hydrogens is 449 g/mol. The molecular formula is C21H19Cl2NO3S2. The maximum atomic E-state index is 12.4. The van der Waals surface area contributed by atoms with Crippen LogP contribution in [0.1, 0.15) is 25.0 Å². The van der Waals surface area contributed by atoms with Crippen molar-refractivity contribution in [2.45, 2.75) is 20.5 Å². The lowest BCUT2D eigenvalue weighted by Crippen LogP contribution is -2.27. The van der Waals surface area contributed by atoms with E-state index in [4.69, 9.17) is 44.9 Å². The zero-order chi connectivity index (χ0) is 21.0. The Balaban J connectivity index is 1.83. The molecule has 0 bridgehead atoms. The molecule has 0 aromatic heterocycles. The average molecular weight is 468 g/mol. The van der Waals surface area contributed by atoms with E-state index in [1.165, 1.54) is 11.8 Å². The third-order valence-corrected chi connectivity index (χ3v) is 6.27. The lowest BCUT2D eigenvalue weighted by molar-refractivity contribution is -0.121. The van der Waals surface area contributed by atoms with E-state index in [2.05, 4.69) is 0 Å². The predicted molar refractivity (Wildman–Crippen MR) is 124 cm³/mol. The number of rotatable bonds is 7. The van der Waals surface area contributed by atoms with E-state index in [9.17, 15) is 4.79 Å². The van der Waals surface area contributed by atoms with Gasteiger partial charge in [-0.2, -0.15) is 0 Å². The van der Waals surface area contributed by atoms with Gasteiger partial charge in [0, 0.05) is 22.2 Å². The normalized spacial score (nSPS) is 15.3. The molecule has 0 radical (unpaired) electrons. The minimum atomic E-state index is -0.0749. The molecule has 1 heterocycles. The standard InChI is InChI=1S/C21H19Cl2NO3S2/c1-3-24-20(25)19(29-21(24)28)11-13-8-9-17(18(10-13)26-4-2)27-12-14-15(22)6-5-7-16(14)23/h5-11H,3-4,12H2,1-2H3/b19-11-. The second-order valence-electron chi connectivity index (χ2n) is 6.05. The highest BCUT2D eigenvalue weighted by Crippen LogP contribution is 2.35. The third-order valence-electron chi connectivity index (χ3n) is 4.19. The monoisotopic (exact) mass is 467 g/mol. The molecule has 0 unspecified atom stereocenters. The van der Waals surface area contributed by atoms with Crippen molar-refractivity contribution in [3.8, 4) is 11.5 Å². The van der Waals surface area contributed by atoms with Gasteiger partial charge in [0.1, 0.15) is 10.9 Å². The molecule has 0 N–H and O–H groups in total. The molecule has 1 amide bonds. The zero-order valence-corrected chi connectivity index (χ0v) is 19.1. The molecule has 0 atom stereocenters. The number of ether oxygens (including phenoxy) is 2. The summed E-state index contributed by atoms with van der Waals surface area (Å²) in [5, 5.41) is 1.09. The molecule has 3 rings (SSSR count). The van der Waals surface area contributed by atoms with Gasteiger partial charge < -0.3 is 9.47 Å². The number of carbonyl (C=O) groups excluding carboxylic acids is 1. The van der Waals surface area contributed by atoms with E-state index in [0.717, 1.165) is 5.56 Å². The molecule has 1 saturated heterocycles. The number of thioether (sulfide) groups is 1. The topological polar surface area (TPSA) is 38.8 Å². The summed E-state index contributed by atoms with van der Waals surface area (Å²) in [5.41, 5.74) is 1.54. The first kappa shape index (κ1) is 22.0. The highest BCUT2D eigenvalue weighted by molar-refractivity contribution is 8.26. The summed E-state index contributed by atoms with van der Waals surface area (Å²) in [6, 6.07) is 10.8. The van der Waals surface area contributed by atoms with Crippen LogP contribution in [0, 0.1) is 0 Å². The van der Waals surface area contributed by atoms with Crippen LogP contribution in [-0.4, -0.2) is 28.3 Å². The summed E-state index contributed by atoms with van der Waals surface area (Å²) in [5.74, 6) is 1.07. The van der Waals surface area contributed by atoms with Crippen molar-refractivity contribution in [1.82, 2.24) is 4.90 Å². The Bertz CT molecular complexity index is 958. The quantitative estimate of drug-likeness (QED) is 0.358. The van der Waals surface area contributed by atoms with E-state index in [1.807, 2.05) is 38.1 Å². The number of amides is 1. The predicted octanol–water partition coefficient (Wildman–Crippen LogP) is 6.19. The molecule has 1 aliphatic heterocycles. The maximum absolute atomic E-state index is 12.4. The average Bonchev–Trinajstić information content (AvgIpc) is 2.95. The smallest absolute Gasteiger partial charge is 0.266 e. The van der Waals surface area contributed by atoms with E-state index in [-0.39, 0.29) is 12.5 Å². The minimum Gasteiger partial charge on any atom is -0.490 e. The molecule has 29 heavy (non-hydrogen) atoms. The number of benzene rings is 2. The molecule has 0 aliphatic carbocycles. The van der Waals surface area contributed by atoms with Crippen LogP contribution in [0.15, 0.2) is 41.3 Å². The van der Waals surface area contributed by atoms with Crippen molar-refractivity contribution in [3.63, 3.8) is 0 Å². The van der Waals surface area contributed by atoms with Gasteiger partial charge >= 0.3 is 0 Å². The van der Waals surface area contributed by atoms with Crippen molar-refractivity contribution >= 4 is 63.5 Å². The van der Waals surface area contributed by atoms with Crippen molar-refractivity contribution in [2.75, 3.05) is 13.2 Å². The SMILES string of the molecule is CCOc1cc(/C=C2\SC(=S)N(CC)C2=O)ccc1OCc1c(Cl)cccc1Cl. The molecule has 8 heteroatoms. The molecule has 2 aromatic rings. The highest BCUT2D eigenvalue weighted by Gasteiger charge is 2.30. The van der Waals surface area contributed by atoms with Gasteiger partial charge in [0.2, 0.25) is 0 Å². The van der Waals surface area contributed by atoms with Gasteiger partial charge in [0.15, 0.2) is 11.5 Å². The van der Waals surface area contributed by atoms with E-state index in [0.29, 0.717) is 49.5 Å². The fourth-order valence-corrected chi connectivity index (χ4v) is 4.64. The van der Waals surface area contributed by atoms with Gasteiger partial charge in [-0.1, -0.05) is 59.3 Å². The summed E-state index contributed by atoms with van der Waals surface area (Å²) in [6.45, 7) is 5.05. The summed E-state index contributed by atoms with van der Waals surface area (Å²) in [7, 11) is 0. The Kier molecular flexibility index (Phi) is 7.46.